The van der Waals surface area contributed by atoms with Crippen LogP contribution in [0.5, 0.6) is 0 Å². The number of aliphatic hydroxyl groups excluding tert-OH is 1. The molecule has 2 N–H and O–H groups in total. The Morgan fingerprint density at radius 3 is 2.67 bits per heavy atom. The predicted octanol–water partition coefficient (Wildman–Crippen LogP) is 0.0401. The lowest BCUT2D eigenvalue weighted by Gasteiger charge is -2.24. The SMILES string of the molecule is CC(O)CCN1C=C[N+](C)(C)N1. The predicted molar refractivity (Wildman–Crippen MR) is 47.4 cm³/mol. The largest absolute Gasteiger partial charge is 0.393 e. The third kappa shape index (κ3) is 2.81. The van der Waals surface area contributed by atoms with Crippen LogP contribution in [0.15, 0.2) is 12.4 Å². The normalized spacial score (nSPS) is 23.2. The quantitative estimate of drug-likeness (QED) is 0.590. The van der Waals surface area contributed by atoms with Crippen LogP contribution in [-0.2, 0) is 0 Å². The first-order valence-electron chi connectivity index (χ1n) is 4.25. The minimum absolute atomic E-state index is 0.226. The molecule has 1 aliphatic heterocycles. The van der Waals surface area contributed by atoms with E-state index < -0.39 is 0 Å². The van der Waals surface area contributed by atoms with Gasteiger partial charge in [-0.15, -0.1) is 0 Å². The second kappa shape index (κ2) is 3.43. The molecule has 1 aliphatic rings. The minimum atomic E-state index is -0.226. The van der Waals surface area contributed by atoms with Gasteiger partial charge in [-0.3, -0.25) is 5.01 Å². The summed E-state index contributed by atoms with van der Waals surface area (Å²) in [6.07, 6.45) is 4.62. The van der Waals surface area contributed by atoms with Crippen molar-refractivity contribution in [2.75, 3.05) is 20.6 Å². The molecule has 4 nitrogen and oxygen atoms in total. The van der Waals surface area contributed by atoms with Gasteiger partial charge in [0.1, 0.15) is 6.20 Å². The molecule has 0 aromatic heterocycles. The first-order chi connectivity index (χ1) is 5.49. The van der Waals surface area contributed by atoms with E-state index in [2.05, 4.69) is 25.8 Å². The zero-order valence-corrected chi connectivity index (χ0v) is 7.99. The van der Waals surface area contributed by atoms with Crippen molar-refractivity contribution < 1.29 is 9.70 Å². The molecule has 1 heterocycles. The minimum Gasteiger partial charge on any atom is -0.393 e. The first kappa shape index (κ1) is 9.51. The van der Waals surface area contributed by atoms with Gasteiger partial charge in [-0.1, -0.05) is 5.53 Å². The Kier molecular flexibility index (Phi) is 2.72. The molecule has 0 bridgehead atoms. The van der Waals surface area contributed by atoms with Gasteiger partial charge in [0.2, 0.25) is 0 Å². The number of rotatable bonds is 3. The van der Waals surface area contributed by atoms with Crippen LogP contribution in [-0.4, -0.2) is 41.5 Å². The summed E-state index contributed by atoms with van der Waals surface area (Å²) in [5.41, 5.74) is 3.23. The molecule has 0 amide bonds. The van der Waals surface area contributed by atoms with Crippen molar-refractivity contribution in [3.05, 3.63) is 12.4 Å². The Balaban J connectivity index is 2.26. The molecule has 0 aromatic rings. The molecule has 1 unspecified atom stereocenters. The molecule has 0 aliphatic carbocycles. The monoisotopic (exact) mass is 172 g/mol. The van der Waals surface area contributed by atoms with Crippen molar-refractivity contribution in [1.82, 2.24) is 10.5 Å². The second-order valence-electron chi connectivity index (χ2n) is 3.77. The van der Waals surface area contributed by atoms with Crippen LogP contribution >= 0.6 is 0 Å². The molecule has 1 atom stereocenters. The number of quaternary nitrogens is 1. The molecule has 0 saturated heterocycles. The smallest absolute Gasteiger partial charge is 0.134 e. The molecule has 0 aromatic carbocycles. The van der Waals surface area contributed by atoms with Gasteiger partial charge < -0.3 is 5.11 Å². The van der Waals surface area contributed by atoms with Crippen LogP contribution in [0.4, 0.5) is 0 Å². The highest BCUT2D eigenvalue weighted by molar-refractivity contribution is 4.76. The summed E-state index contributed by atoms with van der Waals surface area (Å²) in [5.74, 6) is 0. The zero-order chi connectivity index (χ0) is 9.19. The van der Waals surface area contributed by atoms with Crippen LogP contribution in [0.25, 0.3) is 0 Å². The summed E-state index contributed by atoms with van der Waals surface area (Å²) < 4.78 is 0.666. The number of aliphatic hydroxyl groups is 1. The van der Waals surface area contributed by atoms with Gasteiger partial charge in [0, 0.05) is 6.54 Å². The van der Waals surface area contributed by atoms with Gasteiger partial charge in [0.15, 0.2) is 0 Å². The summed E-state index contributed by atoms with van der Waals surface area (Å²) in [7, 11) is 4.11. The van der Waals surface area contributed by atoms with E-state index in [-0.39, 0.29) is 6.10 Å². The Morgan fingerprint density at radius 1 is 1.58 bits per heavy atom. The van der Waals surface area contributed by atoms with Gasteiger partial charge in [-0.05, 0) is 13.3 Å². The molecule has 70 valence electrons. The van der Waals surface area contributed by atoms with Crippen molar-refractivity contribution in [1.29, 1.82) is 0 Å². The van der Waals surface area contributed by atoms with Crippen LogP contribution in [0.1, 0.15) is 13.3 Å². The zero-order valence-electron chi connectivity index (χ0n) is 7.99. The van der Waals surface area contributed by atoms with Crippen molar-refractivity contribution in [2.45, 2.75) is 19.4 Å². The highest BCUT2D eigenvalue weighted by atomic mass is 16.3. The highest BCUT2D eigenvalue weighted by Gasteiger charge is 2.21. The number of hydrogen-bond acceptors (Lipinski definition) is 3. The highest BCUT2D eigenvalue weighted by Crippen LogP contribution is 2.06. The van der Waals surface area contributed by atoms with E-state index in [1.165, 1.54) is 0 Å². The third-order valence-corrected chi connectivity index (χ3v) is 1.79. The Hall–Kier alpha value is -0.580. The van der Waals surface area contributed by atoms with Gasteiger partial charge in [0.25, 0.3) is 0 Å². The van der Waals surface area contributed by atoms with E-state index in [1.54, 1.807) is 6.92 Å². The summed E-state index contributed by atoms with van der Waals surface area (Å²) in [6, 6.07) is 0. The fourth-order valence-electron chi connectivity index (χ4n) is 1.10. The molecule has 4 heteroatoms. The number of hydrazine groups is 1. The van der Waals surface area contributed by atoms with Crippen molar-refractivity contribution >= 4 is 0 Å². The maximum Gasteiger partial charge on any atom is 0.134 e. The summed E-state index contributed by atoms with van der Waals surface area (Å²) in [4.78, 5) is 0. The van der Waals surface area contributed by atoms with Gasteiger partial charge in [-0.2, -0.15) is 0 Å². The van der Waals surface area contributed by atoms with E-state index in [4.69, 9.17) is 5.11 Å². The van der Waals surface area contributed by atoms with Crippen LogP contribution in [0.2, 0.25) is 0 Å². The van der Waals surface area contributed by atoms with E-state index in [9.17, 15) is 0 Å². The number of nitrogens with one attached hydrogen (secondary N) is 1. The fraction of sp³-hybridized carbons (Fsp3) is 0.750. The van der Waals surface area contributed by atoms with Gasteiger partial charge in [0.05, 0.1) is 26.4 Å². The van der Waals surface area contributed by atoms with Crippen LogP contribution in [0.3, 0.4) is 0 Å². The lowest BCUT2D eigenvalue weighted by atomic mass is 10.3. The maximum absolute atomic E-state index is 9.06. The molecule has 0 saturated carbocycles. The van der Waals surface area contributed by atoms with E-state index in [0.717, 1.165) is 13.0 Å². The van der Waals surface area contributed by atoms with Crippen molar-refractivity contribution in [3.63, 3.8) is 0 Å². The van der Waals surface area contributed by atoms with E-state index in [0.29, 0.717) is 4.59 Å². The van der Waals surface area contributed by atoms with Crippen molar-refractivity contribution in [3.8, 4) is 0 Å². The molecule has 0 radical (unpaired) electrons. The second-order valence-corrected chi connectivity index (χ2v) is 3.77. The van der Waals surface area contributed by atoms with Crippen LogP contribution in [0, 0.1) is 0 Å². The number of hydrogen-bond donors (Lipinski definition) is 2. The fourth-order valence-corrected chi connectivity index (χ4v) is 1.10. The molecular formula is C8H18N3O+. The van der Waals surface area contributed by atoms with E-state index >= 15 is 0 Å². The average Bonchev–Trinajstić information content (AvgIpc) is 2.26. The lowest BCUT2D eigenvalue weighted by molar-refractivity contribution is -0.891. The molecular weight excluding hydrogens is 154 g/mol. The summed E-state index contributed by atoms with van der Waals surface area (Å²) >= 11 is 0. The molecule has 0 fully saturated rings. The Labute approximate surface area is 73.6 Å². The molecule has 1 rings (SSSR count). The summed E-state index contributed by atoms with van der Waals surface area (Å²) in [6.45, 7) is 2.65. The number of nitrogens with zero attached hydrogens (tertiary/aromatic N) is 2. The first-order valence-corrected chi connectivity index (χ1v) is 4.25. The lowest BCUT2D eigenvalue weighted by Crippen LogP contribution is -2.49. The van der Waals surface area contributed by atoms with Crippen LogP contribution < -0.4 is 5.53 Å². The maximum atomic E-state index is 9.06. The van der Waals surface area contributed by atoms with Crippen molar-refractivity contribution in [2.24, 2.45) is 0 Å². The Morgan fingerprint density at radius 2 is 2.25 bits per heavy atom. The topological polar surface area (TPSA) is 35.5 Å². The third-order valence-electron chi connectivity index (χ3n) is 1.79. The molecule has 12 heavy (non-hydrogen) atoms. The molecule has 0 spiro atoms. The average molecular weight is 172 g/mol. The summed E-state index contributed by atoms with van der Waals surface area (Å²) in [5, 5.41) is 11.1. The standard InChI is InChI=1S/C8H18N3O/c1-8(12)4-5-10-6-7-11(2,3)9-10/h6-9,12H,4-5H2,1-3H3/q+1. The Bertz CT molecular complexity index is 177. The van der Waals surface area contributed by atoms with Gasteiger partial charge >= 0.3 is 0 Å². The van der Waals surface area contributed by atoms with E-state index in [1.807, 2.05) is 11.2 Å². The van der Waals surface area contributed by atoms with Gasteiger partial charge in [-0.25, -0.2) is 4.59 Å².